The molecular formula is C21H19ClN4O3S. The summed E-state index contributed by atoms with van der Waals surface area (Å²) in [6.07, 6.45) is 4.62. The number of halogens is 1. The number of sulfonamides is 1. The molecule has 1 N–H and O–H groups in total. The van der Waals surface area contributed by atoms with E-state index in [1.165, 1.54) is 24.4 Å². The van der Waals surface area contributed by atoms with Crippen molar-refractivity contribution in [2.45, 2.75) is 11.8 Å². The molecule has 154 valence electrons. The second-order valence-electron chi connectivity index (χ2n) is 6.34. The van der Waals surface area contributed by atoms with Crippen molar-refractivity contribution >= 4 is 39.4 Å². The standard InChI is InChI=1S/C21H19ClN4O3S/c1-16-9-10-18(22)12-20(16)26(30(28,29)19-7-3-2-4-8-19)15-21(27)25-24-14-17-6-5-11-23-13-17/h2-14H,15H2,1H3,(H,25,27)/b24-14-. The summed E-state index contributed by atoms with van der Waals surface area (Å²) in [5.74, 6) is -0.603. The molecule has 0 aliphatic rings. The molecule has 9 heteroatoms. The summed E-state index contributed by atoms with van der Waals surface area (Å²) in [5.41, 5.74) is 4.02. The maximum absolute atomic E-state index is 13.3. The molecule has 0 aliphatic carbocycles. The van der Waals surface area contributed by atoms with Crippen molar-refractivity contribution in [3.8, 4) is 0 Å². The number of anilines is 1. The minimum absolute atomic E-state index is 0.0658. The van der Waals surface area contributed by atoms with Gasteiger partial charge >= 0.3 is 0 Å². The minimum atomic E-state index is -4.01. The fraction of sp³-hybridized carbons (Fsp3) is 0.0952. The van der Waals surface area contributed by atoms with Crippen molar-refractivity contribution in [3.05, 3.63) is 89.2 Å². The zero-order valence-corrected chi connectivity index (χ0v) is 17.6. The summed E-state index contributed by atoms with van der Waals surface area (Å²) >= 11 is 6.09. The summed E-state index contributed by atoms with van der Waals surface area (Å²) in [7, 11) is -4.01. The van der Waals surface area contributed by atoms with Crippen LogP contribution in [0.4, 0.5) is 5.69 Å². The van der Waals surface area contributed by atoms with Crippen LogP contribution in [0.5, 0.6) is 0 Å². The van der Waals surface area contributed by atoms with Gasteiger partial charge < -0.3 is 0 Å². The fourth-order valence-corrected chi connectivity index (χ4v) is 4.33. The van der Waals surface area contributed by atoms with Gasteiger partial charge in [0, 0.05) is 23.0 Å². The van der Waals surface area contributed by atoms with Gasteiger partial charge in [-0.1, -0.05) is 41.9 Å². The van der Waals surface area contributed by atoms with Crippen molar-refractivity contribution in [2.24, 2.45) is 5.10 Å². The second-order valence-corrected chi connectivity index (χ2v) is 8.63. The van der Waals surface area contributed by atoms with Gasteiger partial charge in [0.1, 0.15) is 6.54 Å². The van der Waals surface area contributed by atoms with Crippen LogP contribution in [0.1, 0.15) is 11.1 Å². The van der Waals surface area contributed by atoms with Gasteiger partial charge in [-0.05, 0) is 42.8 Å². The van der Waals surface area contributed by atoms with E-state index in [-0.39, 0.29) is 4.90 Å². The van der Waals surface area contributed by atoms with Crippen molar-refractivity contribution in [2.75, 3.05) is 10.8 Å². The molecule has 0 saturated carbocycles. The molecule has 7 nitrogen and oxygen atoms in total. The Balaban J connectivity index is 1.89. The maximum atomic E-state index is 13.3. The number of pyridine rings is 1. The number of nitrogens with zero attached hydrogens (tertiary/aromatic N) is 3. The quantitative estimate of drug-likeness (QED) is 0.448. The van der Waals surface area contributed by atoms with E-state index < -0.39 is 22.5 Å². The average molecular weight is 443 g/mol. The molecule has 3 rings (SSSR count). The largest absolute Gasteiger partial charge is 0.271 e. The van der Waals surface area contributed by atoms with Crippen LogP contribution in [0.2, 0.25) is 5.02 Å². The first kappa shape index (κ1) is 21.5. The van der Waals surface area contributed by atoms with E-state index in [0.29, 0.717) is 21.8 Å². The third-order valence-corrected chi connectivity index (χ3v) is 6.15. The molecule has 0 fully saturated rings. The van der Waals surface area contributed by atoms with E-state index >= 15 is 0 Å². The Kier molecular flexibility index (Phi) is 6.81. The molecular weight excluding hydrogens is 424 g/mol. The smallest absolute Gasteiger partial charge is 0.264 e. The first-order chi connectivity index (χ1) is 14.4. The Bertz CT molecular complexity index is 1150. The second kappa shape index (κ2) is 9.51. The highest BCUT2D eigenvalue weighted by Gasteiger charge is 2.28. The first-order valence-electron chi connectivity index (χ1n) is 8.94. The lowest BCUT2D eigenvalue weighted by molar-refractivity contribution is -0.119. The molecule has 3 aromatic rings. The third kappa shape index (κ3) is 5.22. The van der Waals surface area contributed by atoms with Crippen LogP contribution in [0, 0.1) is 6.92 Å². The van der Waals surface area contributed by atoms with Gasteiger partial charge in [-0.25, -0.2) is 13.8 Å². The zero-order chi connectivity index (χ0) is 21.6. The van der Waals surface area contributed by atoms with E-state index in [4.69, 9.17) is 11.6 Å². The van der Waals surface area contributed by atoms with Crippen LogP contribution in [0.3, 0.4) is 0 Å². The van der Waals surface area contributed by atoms with Crippen molar-refractivity contribution in [1.29, 1.82) is 0 Å². The van der Waals surface area contributed by atoms with Crippen LogP contribution < -0.4 is 9.73 Å². The highest BCUT2D eigenvalue weighted by Crippen LogP contribution is 2.29. The monoisotopic (exact) mass is 442 g/mol. The minimum Gasteiger partial charge on any atom is -0.271 e. The lowest BCUT2D eigenvalue weighted by Gasteiger charge is -2.25. The van der Waals surface area contributed by atoms with E-state index in [9.17, 15) is 13.2 Å². The van der Waals surface area contributed by atoms with Crippen LogP contribution in [0.15, 0.2) is 83.1 Å². The van der Waals surface area contributed by atoms with Gasteiger partial charge in [0.25, 0.3) is 15.9 Å². The Hall–Kier alpha value is -3.23. The van der Waals surface area contributed by atoms with E-state index in [0.717, 1.165) is 4.31 Å². The average Bonchev–Trinajstić information content (AvgIpc) is 2.75. The lowest BCUT2D eigenvalue weighted by atomic mass is 10.2. The van der Waals surface area contributed by atoms with Crippen LogP contribution in [-0.2, 0) is 14.8 Å². The molecule has 1 aromatic heterocycles. The van der Waals surface area contributed by atoms with Crippen molar-refractivity contribution < 1.29 is 13.2 Å². The topological polar surface area (TPSA) is 91.7 Å². The Morgan fingerprint density at radius 2 is 1.93 bits per heavy atom. The number of carbonyl (C=O) groups excluding carboxylic acids is 1. The molecule has 0 radical (unpaired) electrons. The number of hydrogen-bond donors (Lipinski definition) is 1. The highest BCUT2D eigenvalue weighted by molar-refractivity contribution is 7.92. The predicted octanol–water partition coefficient (Wildman–Crippen LogP) is 3.39. The zero-order valence-electron chi connectivity index (χ0n) is 16.1. The van der Waals surface area contributed by atoms with Crippen LogP contribution in [0.25, 0.3) is 0 Å². The van der Waals surface area contributed by atoms with E-state index in [1.54, 1.807) is 61.8 Å². The number of aromatic nitrogens is 1. The van der Waals surface area contributed by atoms with E-state index in [1.807, 2.05) is 0 Å². The third-order valence-electron chi connectivity index (χ3n) is 4.15. The Labute approximate surface area is 180 Å². The molecule has 2 aromatic carbocycles. The summed E-state index contributed by atoms with van der Waals surface area (Å²) < 4.78 is 27.6. The number of benzene rings is 2. The molecule has 30 heavy (non-hydrogen) atoms. The number of hydrazone groups is 1. The summed E-state index contributed by atoms with van der Waals surface area (Å²) in [6, 6.07) is 16.3. The fourth-order valence-electron chi connectivity index (χ4n) is 2.67. The highest BCUT2D eigenvalue weighted by atomic mass is 35.5. The lowest BCUT2D eigenvalue weighted by Crippen LogP contribution is -2.40. The SMILES string of the molecule is Cc1ccc(Cl)cc1N(CC(=O)N/N=C\c1cccnc1)S(=O)(=O)c1ccccc1. The number of amides is 1. The van der Waals surface area contributed by atoms with Gasteiger partial charge in [-0.3, -0.25) is 14.1 Å². The molecule has 0 aliphatic heterocycles. The molecule has 0 atom stereocenters. The molecule has 1 heterocycles. The van der Waals surface area contributed by atoms with Crippen LogP contribution >= 0.6 is 11.6 Å². The van der Waals surface area contributed by atoms with Gasteiger partial charge in [-0.2, -0.15) is 5.10 Å². The van der Waals surface area contributed by atoms with Gasteiger partial charge in [0.05, 0.1) is 16.8 Å². The molecule has 0 unspecified atom stereocenters. The van der Waals surface area contributed by atoms with Gasteiger partial charge in [0.2, 0.25) is 0 Å². The van der Waals surface area contributed by atoms with Crippen molar-refractivity contribution in [3.63, 3.8) is 0 Å². The maximum Gasteiger partial charge on any atom is 0.264 e. The van der Waals surface area contributed by atoms with Crippen LogP contribution in [-0.4, -0.2) is 32.1 Å². The summed E-state index contributed by atoms with van der Waals surface area (Å²) in [6.45, 7) is 1.28. The predicted molar refractivity (Wildman–Crippen MR) is 117 cm³/mol. The molecule has 0 bridgehead atoms. The normalized spacial score (nSPS) is 11.4. The number of aryl methyl sites for hydroxylation is 1. The van der Waals surface area contributed by atoms with Gasteiger partial charge in [-0.15, -0.1) is 0 Å². The Morgan fingerprint density at radius 1 is 1.17 bits per heavy atom. The number of carbonyl (C=O) groups is 1. The number of rotatable bonds is 7. The van der Waals surface area contributed by atoms with Gasteiger partial charge in [0.15, 0.2) is 0 Å². The van der Waals surface area contributed by atoms with E-state index in [2.05, 4.69) is 15.5 Å². The summed E-state index contributed by atoms with van der Waals surface area (Å²) in [5, 5.41) is 4.23. The number of hydrogen-bond acceptors (Lipinski definition) is 5. The molecule has 0 spiro atoms. The Morgan fingerprint density at radius 3 is 2.63 bits per heavy atom. The number of nitrogens with one attached hydrogen (secondary N) is 1. The summed E-state index contributed by atoms with van der Waals surface area (Å²) in [4.78, 5) is 16.5. The first-order valence-corrected chi connectivity index (χ1v) is 10.8. The molecule has 1 amide bonds. The molecule has 0 saturated heterocycles. The van der Waals surface area contributed by atoms with Crippen molar-refractivity contribution in [1.82, 2.24) is 10.4 Å².